The quantitative estimate of drug-likeness (QED) is 0.926. The zero-order chi connectivity index (χ0) is 14.5. The smallest absolute Gasteiger partial charge is 0.258 e. The van der Waals surface area contributed by atoms with Crippen molar-refractivity contribution < 1.29 is 4.79 Å². The van der Waals surface area contributed by atoms with Crippen LogP contribution in [0.25, 0.3) is 0 Å². The van der Waals surface area contributed by atoms with E-state index in [0.717, 1.165) is 23.2 Å². The van der Waals surface area contributed by atoms with E-state index in [0.29, 0.717) is 12.1 Å². The molecule has 0 aliphatic rings. The molecule has 0 heterocycles. The van der Waals surface area contributed by atoms with Gasteiger partial charge in [0.25, 0.3) is 5.91 Å². The predicted molar refractivity (Wildman–Crippen MR) is 83.1 cm³/mol. The molecular formula is C17H20N2O. The van der Waals surface area contributed by atoms with E-state index < -0.39 is 0 Å². The minimum absolute atomic E-state index is 0.00512. The van der Waals surface area contributed by atoms with E-state index in [1.54, 1.807) is 11.9 Å². The second-order valence-electron chi connectivity index (χ2n) is 4.94. The Morgan fingerprint density at radius 3 is 2.60 bits per heavy atom. The molecule has 2 rings (SSSR count). The molecule has 0 unspecified atom stereocenters. The third kappa shape index (κ3) is 3.25. The normalized spacial score (nSPS) is 10.3. The molecule has 2 N–H and O–H groups in total. The molecule has 0 fully saturated rings. The zero-order valence-corrected chi connectivity index (χ0v) is 12.0. The van der Waals surface area contributed by atoms with Gasteiger partial charge in [-0.1, -0.05) is 24.3 Å². The zero-order valence-electron chi connectivity index (χ0n) is 12.0. The summed E-state index contributed by atoms with van der Waals surface area (Å²) in [6.07, 6.45) is 0.787. The number of nitrogens with zero attached hydrogens (tertiary/aromatic N) is 1. The molecule has 2 aromatic carbocycles. The van der Waals surface area contributed by atoms with Gasteiger partial charge >= 0.3 is 0 Å². The molecule has 0 aliphatic carbocycles. The standard InChI is InChI=1S/C17H20N2O/c1-13-5-3-8-16(11-13)19(2)17(20)15-7-4-6-14(12-15)9-10-18/h3-8,11-12H,9-10,18H2,1-2H3. The molecule has 104 valence electrons. The summed E-state index contributed by atoms with van der Waals surface area (Å²) < 4.78 is 0. The van der Waals surface area contributed by atoms with Crippen LogP contribution < -0.4 is 10.6 Å². The van der Waals surface area contributed by atoms with Gasteiger partial charge in [0.2, 0.25) is 0 Å². The van der Waals surface area contributed by atoms with Crippen LogP contribution >= 0.6 is 0 Å². The van der Waals surface area contributed by atoms with Crippen molar-refractivity contribution in [1.29, 1.82) is 0 Å². The summed E-state index contributed by atoms with van der Waals surface area (Å²) in [5.41, 5.74) is 9.39. The van der Waals surface area contributed by atoms with Crippen molar-refractivity contribution in [2.75, 3.05) is 18.5 Å². The van der Waals surface area contributed by atoms with Crippen LogP contribution in [0.15, 0.2) is 48.5 Å². The first-order valence-electron chi connectivity index (χ1n) is 6.75. The van der Waals surface area contributed by atoms with Gasteiger partial charge in [0, 0.05) is 18.3 Å². The molecule has 0 radical (unpaired) electrons. The average Bonchev–Trinajstić information content (AvgIpc) is 2.46. The Kier molecular flexibility index (Phi) is 4.53. The molecule has 0 bridgehead atoms. The van der Waals surface area contributed by atoms with Crippen molar-refractivity contribution in [2.45, 2.75) is 13.3 Å². The first-order valence-corrected chi connectivity index (χ1v) is 6.75. The third-order valence-electron chi connectivity index (χ3n) is 3.30. The molecule has 0 aromatic heterocycles. The van der Waals surface area contributed by atoms with Crippen LogP contribution in [0.4, 0.5) is 5.69 Å². The summed E-state index contributed by atoms with van der Waals surface area (Å²) in [6.45, 7) is 2.61. The van der Waals surface area contributed by atoms with Gasteiger partial charge in [0.05, 0.1) is 0 Å². The third-order valence-corrected chi connectivity index (χ3v) is 3.30. The first-order chi connectivity index (χ1) is 9.61. The molecule has 2 aromatic rings. The van der Waals surface area contributed by atoms with Crippen molar-refractivity contribution in [3.63, 3.8) is 0 Å². The van der Waals surface area contributed by atoms with Gasteiger partial charge in [0.15, 0.2) is 0 Å². The Labute approximate surface area is 120 Å². The Morgan fingerprint density at radius 2 is 1.90 bits per heavy atom. The number of nitrogens with two attached hydrogens (primary N) is 1. The number of hydrogen-bond acceptors (Lipinski definition) is 2. The number of carbonyl (C=O) groups is 1. The van der Waals surface area contributed by atoms with Crippen LogP contribution in [-0.2, 0) is 6.42 Å². The Balaban J connectivity index is 2.24. The van der Waals surface area contributed by atoms with Crippen LogP contribution in [0.2, 0.25) is 0 Å². The second kappa shape index (κ2) is 6.35. The molecule has 3 heteroatoms. The molecule has 3 nitrogen and oxygen atoms in total. The molecule has 0 atom stereocenters. The molecule has 20 heavy (non-hydrogen) atoms. The predicted octanol–water partition coefficient (Wildman–Crippen LogP) is 2.77. The van der Waals surface area contributed by atoms with Crippen molar-refractivity contribution in [3.05, 3.63) is 65.2 Å². The number of amides is 1. The lowest BCUT2D eigenvalue weighted by Gasteiger charge is -2.18. The van der Waals surface area contributed by atoms with Gasteiger partial charge in [-0.2, -0.15) is 0 Å². The monoisotopic (exact) mass is 268 g/mol. The maximum absolute atomic E-state index is 12.5. The fraction of sp³-hybridized carbons (Fsp3) is 0.235. The first kappa shape index (κ1) is 14.3. The van der Waals surface area contributed by atoms with Crippen molar-refractivity contribution in [3.8, 4) is 0 Å². The number of carbonyl (C=O) groups excluding carboxylic acids is 1. The molecule has 0 spiro atoms. The number of anilines is 1. The minimum atomic E-state index is -0.00512. The lowest BCUT2D eigenvalue weighted by Crippen LogP contribution is -2.26. The summed E-state index contributed by atoms with van der Waals surface area (Å²) in [6, 6.07) is 15.6. The van der Waals surface area contributed by atoms with E-state index in [9.17, 15) is 4.79 Å². The summed E-state index contributed by atoms with van der Waals surface area (Å²) in [4.78, 5) is 14.2. The SMILES string of the molecule is Cc1cccc(N(C)C(=O)c2cccc(CCN)c2)c1. The second-order valence-corrected chi connectivity index (χ2v) is 4.94. The lowest BCUT2D eigenvalue weighted by atomic mass is 10.1. The van der Waals surface area contributed by atoms with Crippen molar-refractivity contribution in [1.82, 2.24) is 0 Å². The van der Waals surface area contributed by atoms with Crippen LogP contribution in [0.3, 0.4) is 0 Å². The van der Waals surface area contributed by atoms with E-state index in [4.69, 9.17) is 5.73 Å². The summed E-state index contributed by atoms with van der Waals surface area (Å²) in [5, 5.41) is 0. The lowest BCUT2D eigenvalue weighted by molar-refractivity contribution is 0.0993. The average molecular weight is 268 g/mol. The fourth-order valence-electron chi connectivity index (χ4n) is 2.17. The molecule has 1 amide bonds. The Bertz CT molecular complexity index is 607. The number of aryl methyl sites for hydroxylation is 1. The number of benzene rings is 2. The van der Waals surface area contributed by atoms with Crippen LogP contribution in [0.1, 0.15) is 21.5 Å². The minimum Gasteiger partial charge on any atom is -0.330 e. The van der Waals surface area contributed by atoms with E-state index in [2.05, 4.69) is 0 Å². The highest BCUT2D eigenvalue weighted by molar-refractivity contribution is 6.05. The molecule has 0 saturated carbocycles. The summed E-state index contributed by atoms with van der Waals surface area (Å²) in [7, 11) is 1.80. The highest BCUT2D eigenvalue weighted by atomic mass is 16.2. The van der Waals surface area contributed by atoms with Gasteiger partial charge in [-0.25, -0.2) is 0 Å². The molecular weight excluding hydrogens is 248 g/mol. The van der Waals surface area contributed by atoms with Gasteiger partial charge in [-0.3, -0.25) is 4.79 Å². The van der Waals surface area contributed by atoms with E-state index >= 15 is 0 Å². The van der Waals surface area contributed by atoms with Crippen molar-refractivity contribution in [2.24, 2.45) is 5.73 Å². The van der Waals surface area contributed by atoms with Crippen LogP contribution in [0.5, 0.6) is 0 Å². The largest absolute Gasteiger partial charge is 0.330 e. The van der Waals surface area contributed by atoms with E-state index in [1.807, 2.05) is 55.5 Å². The van der Waals surface area contributed by atoms with Crippen LogP contribution in [-0.4, -0.2) is 19.5 Å². The Hall–Kier alpha value is -2.13. The van der Waals surface area contributed by atoms with E-state index in [-0.39, 0.29) is 5.91 Å². The Morgan fingerprint density at radius 1 is 1.15 bits per heavy atom. The summed E-state index contributed by atoms with van der Waals surface area (Å²) in [5.74, 6) is -0.00512. The molecule has 0 aliphatic heterocycles. The van der Waals surface area contributed by atoms with Gasteiger partial charge in [-0.05, 0) is 55.3 Å². The highest BCUT2D eigenvalue weighted by Gasteiger charge is 2.13. The van der Waals surface area contributed by atoms with Crippen molar-refractivity contribution >= 4 is 11.6 Å². The highest BCUT2D eigenvalue weighted by Crippen LogP contribution is 2.17. The summed E-state index contributed by atoms with van der Waals surface area (Å²) >= 11 is 0. The van der Waals surface area contributed by atoms with E-state index in [1.165, 1.54) is 0 Å². The van der Waals surface area contributed by atoms with Gasteiger partial charge in [-0.15, -0.1) is 0 Å². The molecule has 0 saturated heterocycles. The van der Waals surface area contributed by atoms with Gasteiger partial charge in [0.1, 0.15) is 0 Å². The van der Waals surface area contributed by atoms with Gasteiger partial charge < -0.3 is 10.6 Å². The number of rotatable bonds is 4. The fourth-order valence-corrected chi connectivity index (χ4v) is 2.17. The maximum Gasteiger partial charge on any atom is 0.258 e. The van der Waals surface area contributed by atoms with Crippen LogP contribution in [0, 0.1) is 6.92 Å². The number of hydrogen-bond donors (Lipinski definition) is 1. The maximum atomic E-state index is 12.5. The topological polar surface area (TPSA) is 46.3 Å².